The van der Waals surface area contributed by atoms with Gasteiger partial charge in [-0.3, -0.25) is 0 Å². The van der Waals surface area contributed by atoms with E-state index in [0.717, 1.165) is 21.1 Å². The number of benzene rings is 2. The van der Waals surface area contributed by atoms with Crippen LogP contribution in [-0.2, 0) is 6.54 Å². The molecule has 2 aromatic carbocycles. The molecule has 1 nitrogen and oxygen atoms in total. The lowest BCUT2D eigenvalue weighted by atomic mass is 10.1. The maximum Gasteiger partial charge on any atom is 0.0417 e. The zero-order valence-corrected chi connectivity index (χ0v) is 13.6. The van der Waals surface area contributed by atoms with Gasteiger partial charge in [0.25, 0.3) is 0 Å². The molecule has 2 rings (SSSR count). The molecule has 0 aliphatic rings. The third kappa shape index (κ3) is 4.22. The molecule has 0 heterocycles. The first kappa shape index (κ1) is 14.9. The molecule has 100 valence electrons. The van der Waals surface area contributed by atoms with Crippen LogP contribution in [0.5, 0.6) is 0 Å². The molecule has 0 saturated carbocycles. The second-order valence-electron chi connectivity index (χ2n) is 4.39. The van der Waals surface area contributed by atoms with Crippen LogP contribution in [0, 0.1) is 0 Å². The summed E-state index contributed by atoms with van der Waals surface area (Å²) >= 11 is 15.3. The van der Waals surface area contributed by atoms with Gasteiger partial charge in [-0.25, -0.2) is 0 Å². The van der Waals surface area contributed by atoms with E-state index >= 15 is 0 Å². The van der Waals surface area contributed by atoms with Crippen LogP contribution < -0.4 is 5.32 Å². The quantitative estimate of drug-likeness (QED) is 0.749. The van der Waals surface area contributed by atoms with E-state index in [1.807, 2.05) is 42.5 Å². The lowest BCUT2D eigenvalue weighted by Gasteiger charge is -2.15. The van der Waals surface area contributed by atoms with Gasteiger partial charge in [0.2, 0.25) is 0 Å². The first-order chi connectivity index (χ1) is 9.06. The Balaban J connectivity index is 2.00. The first-order valence-corrected chi connectivity index (χ1v) is 7.54. The van der Waals surface area contributed by atoms with Crippen molar-refractivity contribution >= 4 is 39.1 Å². The molecule has 0 amide bonds. The Hall–Kier alpha value is -0.540. The zero-order chi connectivity index (χ0) is 13.8. The molecule has 19 heavy (non-hydrogen) atoms. The van der Waals surface area contributed by atoms with E-state index in [4.69, 9.17) is 23.2 Å². The molecule has 4 heteroatoms. The van der Waals surface area contributed by atoms with E-state index in [9.17, 15) is 0 Å². The number of rotatable bonds is 4. The zero-order valence-electron chi connectivity index (χ0n) is 10.5. The Kier molecular flexibility index (Phi) is 5.28. The smallest absolute Gasteiger partial charge is 0.0417 e. The Morgan fingerprint density at radius 1 is 1.05 bits per heavy atom. The summed E-state index contributed by atoms with van der Waals surface area (Å²) in [6.07, 6.45) is 0. The molecule has 0 saturated heterocycles. The molecular weight excluding hydrogens is 345 g/mol. The molecule has 1 unspecified atom stereocenters. The molecular formula is C15H14BrCl2N. The average Bonchev–Trinajstić information content (AvgIpc) is 2.38. The van der Waals surface area contributed by atoms with E-state index in [-0.39, 0.29) is 6.04 Å². The molecule has 0 spiro atoms. The van der Waals surface area contributed by atoms with Crippen molar-refractivity contribution < 1.29 is 0 Å². The number of halogens is 3. The van der Waals surface area contributed by atoms with Crippen LogP contribution in [0.2, 0.25) is 10.0 Å². The minimum atomic E-state index is 0.264. The van der Waals surface area contributed by atoms with E-state index < -0.39 is 0 Å². The van der Waals surface area contributed by atoms with Crippen molar-refractivity contribution in [3.63, 3.8) is 0 Å². The van der Waals surface area contributed by atoms with Crippen molar-refractivity contribution in [1.29, 1.82) is 0 Å². The second-order valence-corrected chi connectivity index (χ2v) is 6.12. The highest BCUT2D eigenvalue weighted by Crippen LogP contribution is 2.22. The second kappa shape index (κ2) is 6.76. The normalized spacial score (nSPS) is 12.4. The number of hydrogen-bond acceptors (Lipinski definition) is 1. The molecule has 0 aromatic heterocycles. The lowest BCUT2D eigenvalue weighted by molar-refractivity contribution is 0.574. The SMILES string of the molecule is CC(NCc1ccc(Cl)cc1Br)c1ccc(Cl)cc1. The fourth-order valence-electron chi connectivity index (χ4n) is 1.80. The first-order valence-electron chi connectivity index (χ1n) is 5.99. The van der Waals surface area contributed by atoms with Crippen molar-refractivity contribution in [1.82, 2.24) is 5.32 Å². The molecule has 2 aromatic rings. The molecule has 0 aliphatic heterocycles. The van der Waals surface area contributed by atoms with E-state index in [1.54, 1.807) is 0 Å². The van der Waals surface area contributed by atoms with Crippen molar-refractivity contribution in [2.45, 2.75) is 19.5 Å². The van der Waals surface area contributed by atoms with Gasteiger partial charge in [-0.2, -0.15) is 0 Å². The highest BCUT2D eigenvalue weighted by Gasteiger charge is 2.06. The van der Waals surface area contributed by atoms with Crippen molar-refractivity contribution in [2.24, 2.45) is 0 Å². The van der Waals surface area contributed by atoms with Gasteiger partial charge in [0.15, 0.2) is 0 Å². The minimum Gasteiger partial charge on any atom is -0.306 e. The Bertz CT molecular complexity index is 555. The predicted octanol–water partition coefficient (Wildman–Crippen LogP) is 5.61. The van der Waals surface area contributed by atoms with Crippen LogP contribution in [0.4, 0.5) is 0 Å². The summed E-state index contributed by atoms with van der Waals surface area (Å²) in [4.78, 5) is 0. The van der Waals surface area contributed by atoms with Gasteiger partial charge in [0.1, 0.15) is 0 Å². The molecule has 0 fully saturated rings. The monoisotopic (exact) mass is 357 g/mol. The molecule has 0 aliphatic carbocycles. The molecule has 1 N–H and O–H groups in total. The van der Waals surface area contributed by atoms with Crippen molar-refractivity contribution in [3.05, 3.63) is 68.1 Å². The Morgan fingerprint density at radius 3 is 2.32 bits per heavy atom. The minimum absolute atomic E-state index is 0.264. The molecule has 0 radical (unpaired) electrons. The van der Waals surface area contributed by atoms with Gasteiger partial charge >= 0.3 is 0 Å². The van der Waals surface area contributed by atoms with Crippen LogP contribution in [0.3, 0.4) is 0 Å². The summed E-state index contributed by atoms with van der Waals surface area (Å²) in [6, 6.07) is 14.0. The summed E-state index contributed by atoms with van der Waals surface area (Å²) < 4.78 is 1.02. The van der Waals surface area contributed by atoms with Crippen LogP contribution >= 0.6 is 39.1 Å². The topological polar surface area (TPSA) is 12.0 Å². The van der Waals surface area contributed by atoms with Gasteiger partial charge in [-0.05, 0) is 42.3 Å². The largest absolute Gasteiger partial charge is 0.306 e. The summed E-state index contributed by atoms with van der Waals surface area (Å²) in [5, 5.41) is 4.98. The molecule has 0 bridgehead atoms. The van der Waals surface area contributed by atoms with Crippen molar-refractivity contribution in [2.75, 3.05) is 0 Å². The molecule has 1 atom stereocenters. The van der Waals surface area contributed by atoms with Gasteiger partial charge < -0.3 is 5.32 Å². The summed E-state index contributed by atoms with van der Waals surface area (Å²) in [5.41, 5.74) is 2.40. The third-order valence-electron chi connectivity index (χ3n) is 2.98. The number of nitrogens with one attached hydrogen (secondary N) is 1. The van der Waals surface area contributed by atoms with Crippen LogP contribution in [0.25, 0.3) is 0 Å². The fourth-order valence-corrected chi connectivity index (χ4v) is 2.75. The van der Waals surface area contributed by atoms with Gasteiger partial charge in [0, 0.05) is 27.1 Å². The third-order valence-corrected chi connectivity index (χ3v) is 4.21. The maximum atomic E-state index is 5.93. The van der Waals surface area contributed by atoms with Gasteiger partial charge in [0.05, 0.1) is 0 Å². The fraction of sp³-hybridized carbons (Fsp3) is 0.200. The lowest BCUT2D eigenvalue weighted by Crippen LogP contribution is -2.18. The highest BCUT2D eigenvalue weighted by molar-refractivity contribution is 9.10. The number of hydrogen-bond donors (Lipinski definition) is 1. The van der Waals surface area contributed by atoms with Crippen LogP contribution in [0.15, 0.2) is 46.9 Å². The van der Waals surface area contributed by atoms with E-state index in [2.05, 4.69) is 28.2 Å². The summed E-state index contributed by atoms with van der Waals surface area (Å²) in [5.74, 6) is 0. The van der Waals surface area contributed by atoms with Gasteiger partial charge in [-0.15, -0.1) is 0 Å². The predicted molar refractivity (Wildman–Crippen MR) is 85.9 cm³/mol. The van der Waals surface area contributed by atoms with E-state index in [0.29, 0.717) is 0 Å². The van der Waals surface area contributed by atoms with Crippen molar-refractivity contribution in [3.8, 4) is 0 Å². The summed E-state index contributed by atoms with van der Waals surface area (Å²) in [6.45, 7) is 2.91. The Labute approximate surface area is 132 Å². The standard InChI is InChI=1S/C15H14BrCl2N/c1-10(11-2-5-13(17)6-3-11)19-9-12-4-7-14(18)8-15(12)16/h2-8,10,19H,9H2,1H3. The average molecular weight is 359 g/mol. The Morgan fingerprint density at radius 2 is 1.68 bits per heavy atom. The maximum absolute atomic E-state index is 5.93. The summed E-state index contributed by atoms with van der Waals surface area (Å²) in [7, 11) is 0. The van der Waals surface area contributed by atoms with Crippen LogP contribution in [0.1, 0.15) is 24.1 Å². The van der Waals surface area contributed by atoms with Gasteiger partial charge in [-0.1, -0.05) is 57.3 Å². The van der Waals surface area contributed by atoms with E-state index in [1.165, 1.54) is 11.1 Å². The highest BCUT2D eigenvalue weighted by atomic mass is 79.9. The van der Waals surface area contributed by atoms with Crippen LogP contribution in [-0.4, -0.2) is 0 Å².